The van der Waals surface area contributed by atoms with Crippen molar-refractivity contribution in [1.82, 2.24) is 20.0 Å². The quantitative estimate of drug-likeness (QED) is 0.175. The van der Waals surface area contributed by atoms with Crippen molar-refractivity contribution < 1.29 is 49.2 Å². The number of nitrogens with zero attached hydrogens (tertiary/aromatic N) is 3. The molecule has 0 unspecified atom stereocenters. The van der Waals surface area contributed by atoms with E-state index in [9.17, 15) is 28.8 Å². The molecule has 53 heavy (non-hydrogen) atoms. The highest BCUT2D eigenvalue weighted by Gasteiger charge is 2.48. The molecule has 2 aliphatic rings. The van der Waals surface area contributed by atoms with Gasteiger partial charge in [-0.3, -0.25) is 24.0 Å². The molecule has 2 aliphatic heterocycles. The summed E-state index contributed by atoms with van der Waals surface area (Å²) < 4.78 is 0. The van der Waals surface area contributed by atoms with Crippen LogP contribution in [0.15, 0.2) is 48.5 Å². The number of halogens is 2. The third kappa shape index (κ3) is 11.6. The van der Waals surface area contributed by atoms with Gasteiger partial charge in [0, 0.05) is 57.7 Å². The summed E-state index contributed by atoms with van der Waals surface area (Å²) in [5.74, 6) is -4.93. The molecule has 1 atom stereocenters. The molecular formula is C37H48Cl2N4O10. The Kier molecular flexibility index (Phi) is 16.1. The van der Waals surface area contributed by atoms with E-state index >= 15 is 0 Å². The van der Waals surface area contributed by atoms with Crippen LogP contribution in [0.25, 0.3) is 0 Å². The highest BCUT2D eigenvalue weighted by atomic mass is 35.5. The molecule has 4 rings (SSSR count). The molecule has 14 nitrogen and oxygen atoms in total. The number of benzene rings is 2. The van der Waals surface area contributed by atoms with Crippen LogP contribution >= 0.6 is 23.2 Å². The Morgan fingerprint density at radius 1 is 0.925 bits per heavy atom. The van der Waals surface area contributed by atoms with Crippen LogP contribution in [0.2, 0.25) is 10.0 Å². The average molecular weight is 780 g/mol. The van der Waals surface area contributed by atoms with Gasteiger partial charge in [0.15, 0.2) is 5.60 Å². The van der Waals surface area contributed by atoms with E-state index in [2.05, 4.69) is 10.2 Å². The summed E-state index contributed by atoms with van der Waals surface area (Å²) in [5.41, 5.74) is -1.79. The van der Waals surface area contributed by atoms with Gasteiger partial charge in [-0.05, 0) is 75.4 Å². The minimum absolute atomic E-state index is 0.00712. The zero-order chi connectivity index (χ0) is 39.3. The molecule has 3 amide bonds. The number of likely N-dealkylation sites (tertiary alicyclic amines) is 2. The zero-order valence-corrected chi connectivity index (χ0v) is 31.4. The first-order chi connectivity index (χ1) is 25.1. The maximum absolute atomic E-state index is 13.3. The Labute approximate surface area is 318 Å². The maximum Gasteiger partial charge on any atom is 0.336 e. The molecule has 0 radical (unpaired) electrons. The summed E-state index contributed by atoms with van der Waals surface area (Å²) in [6.45, 7) is 6.05. The second kappa shape index (κ2) is 19.7. The molecule has 0 spiro atoms. The number of aliphatic carboxylic acids is 3. The normalized spacial score (nSPS) is 16.5. The summed E-state index contributed by atoms with van der Waals surface area (Å²) in [7, 11) is 1.66. The molecule has 2 aromatic rings. The Hall–Kier alpha value is -4.24. The summed E-state index contributed by atoms with van der Waals surface area (Å²) >= 11 is 12.6. The van der Waals surface area contributed by atoms with Gasteiger partial charge in [0.25, 0.3) is 5.91 Å². The van der Waals surface area contributed by atoms with Gasteiger partial charge in [-0.1, -0.05) is 47.5 Å². The fraction of sp³-hybridized carbons (Fsp3) is 0.514. The summed E-state index contributed by atoms with van der Waals surface area (Å²) in [6, 6.07) is 15.1. The molecule has 2 saturated heterocycles. The fourth-order valence-electron chi connectivity index (χ4n) is 6.82. The number of hydrogen-bond donors (Lipinski definition) is 5. The topological polar surface area (TPSA) is 205 Å². The lowest BCUT2D eigenvalue weighted by molar-refractivity contribution is -0.170. The number of nitrogens with one attached hydrogen (secondary N) is 1. The second-order valence-corrected chi connectivity index (χ2v) is 14.1. The van der Waals surface area contributed by atoms with Gasteiger partial charge in [-0.2, -0.15) is 0 Å². The first-order valence-electron chi connectivity index (χ1n) is 17.5. The number of rotatable bonds is 15. The molecule has 2 aromatic carbocycles. The van der Waals surface area contributed by atoms with E-state index in [0.717, 1.165) is 44.5 Å². The van der Waals surface area contributed by atoms with Gasteiger partial charge in [0.2, 0.25) is 11.8 Å². The molecule has 0 aliphatic carbocycles. The molecule has 290 valence electrons. The number of likely N-dealkylation sites (N-methyl/N-ethyl adjacent to an activating group) is 2. The van der Waals surface area contributed by atoms with Gasteiger partial charge >= 0.3 is 17.9 Å². The van der Waals surface area contributed by atoms with Crippen LogP contribution in [-0.2, 0) is 24.0 Å². The van der Waals surface area contributed by atoms with Crippen LogP contribution in [0.4, 0.5) is 0 Å². The molecule has 0 bridgehead atoms. The number of carboxylic acid groups (broad SMARTS) is 3. The highest BCUT2D eigenvalue weighted by molar-refractivity contribution is 6.42. The maximum atomic E-state index is 13.3. The predicted octanol–water partition coefficient (Wildman–Crippen LogP) is 3.97. The number of hydrogen-bond acceptors (Lipinski definition) is 8. The van der Waals surface area contributed by atoms with Crippen molar-refractivity contribution >= 4 is 58.8 Å². The first kappa shape index (κ1) is 43.2. The van der Waals surface area contributed by atoms with E-state index in [1.807, 2.05) is 65.3 Å². The summed E-state index contributed by atoms with van der Waals surface area (Å²) in [5, 5.41) is 37.6. The van der Waals surface area contributed by atoms with E-state index < -0.39 is 41.9 Å². The standard InChI is InChI=1S/C31H40Cl2N4O3.C6H8O7/c1-3-36(29(39)23-9-5-4-6-10-23)22-25(24-12-13-26(32)27(33)21-24)14-18-35-19-15-31(16-20-35,30(40)34-2)37-17-8-7-11-28(37)38;7-3(8)1-6(13,5(11)12)2-4(9)10/h4-6,9-10,12-13,21,25H,3,7-8,11,14-20,22H2,1-2H3,(H,34,40);13H,1-2H2,(H,7,8)(H,9,10)(H,11,12)/t25-;/m1./s1. The zero-order valence-electron chi connectivity index (χ0n) is 29.9. The van der Waals surface area contributed by atoms with E-state index in [1.165, 1.54) is 0 Å². The monoisotopic (exact) mass is 778 g/mol. The molecular weight excluding hydrogens is 731 g/mol. The van der Waals surface area contributed by atoms with Crippen LogP contribution in [0.5, 0.6) is 0 Å². The molecule has 0 saturated carbocycles. The number of carbonyl (C=O) groups excluding carboxylic acids is 3. The lowest BCUT2D eigenvalue weighted by Gasteiger charge is -2.48. The second-order valence-electron chi connectivity index (χ2n) is 13.3. The van der Waals surface area contributed by atoms with Crippen molar-refractivity contribution in [3.8, 4) is 0 Å². The Bertz CT molecular complexity index is 1600. The number of carbonyl (C=O) groups is 6. The van der Waals surface area contributed by atoms with Gasteiger partial charge in [0.1, 0.15) is 5.54 Å². The largest absolute Gasteiger partial charge is 0.481 e. The van der Waals surface area contributed by atoms with Crippen LogP contribution < -0.4 is 5.32 Å². The van der Waals surface area contributed by atoms with E-state index in [1.54, 1.807) is 7.05 Å². The SMILES string of the molecule is CCN(C[C@@H](CCN1CCC(C(=O)NC)(N2CCCCC2=O)CC1)c1ccc(Cl)c(Cl)c1)C(=O)c1ccccc1.O=C(O)CC(O)(CC(=O)O)C(=O)O. The van der Waals surface area contributed by atoms with Crippen LogP contribution in [0.1, 0.15) is 80.1 Å². The third-order valence-electron chi connectivity index (χ3n) is 9.80. The van der Waals surface area contributed by atoms with Crippen molar-refractivity contribution in [3.63, 3.8) is 0 Å². The van der Waals surface area contributed by atoms with Crippen LogP contribution in [0.3, 0.4) is 0 Å². The van der Waals surface area contributed by atoms with Gasteiger partial charge < -0.3 is 40.4 Å². The van der Waals surface area contributed by atoms with Crippen molar-refractivity contribution in [3.05, 3.63) is 69.7 Å². The molecule has 2 fully saturated rings. The van der Waals surface area contributed by atoms with Crippen molar-refractivity contribution in [1.29, 1.82) is 0 Å². The Morgan fingerprint density at radius 3 is 2.06 bits per heavy atom. The minimum Gasteiger partial charge on any atom is -0.481 e. The molecule has 5 N–H and O–H groups in total. The Balaban J connectivity index is 0.000000496. The number of aliphatic hydroxyl groups is 1. The van der Waals surface area contributed by atoms with Crippen LogP contribution in [0, 0.1) is 0 Å². The van der Waals surface area contributed by atoms with Gasteiger partial charge in [-0.25, -0.2) is 4.79 Å². The van der Waals surface area contributed by atoms with Gasteiger partial charge in [-0.15, -0.1) is 0 Å². The van der Waals surface area contributed by atoms with Crippen molar-refractivity contribution in [2.75, 3.05) is 46.3 Å². The van der Waals surface area contributed by atoms with E-state index in [-0.39, 0.29) is 23.6 Å². The van der Waals surface area contributed by atoms with Crippen molar-refractivity contribution in [2.45, 2.75) is 75.3 Å². The Morgan fingerprint density at radius 2 is 1.55 bits per heavy atom. The van der Waals surface area contributed by atoms with Crippen LogP contribution in [-0.4, -0.2) is 128 Å². The average Bonchev–Trinajstić information content (AvgIpc) is 3.12. The van der Waals surface area contributed by atoms with Gasteiger partial charge in [0.05, 0.1) is 22.9 Å². The van der Waals surface area contributed by atoms with Crippen molar-refractivity contribution in [2.24, 2.45) is 0 Å². The molecule has 0 aromatic heterocycles. The third-order valence-corrected chi connectivity index (χ3v) is 10.5. The number of amides is 3. The summed E-state index contributed by atoms with van der Waals surface area (Å²) in [4.78, 5) is 75.8. The number of carboxylic acids is 3. The predicted molar refractivity (Wildman–Crippen MR) is 197 cm³/mol. The number of piperidine rings is 2. The molecule has 2 heterocycles. The lowest BCUT2D eigenvalue weighted by Crippen LogP contribution is -2.65. The first-order valence-corrected chi connectivity index (χ1v) is 18.3. The summed E-state index contributed by atoms with van der Waals surface area (Å²) in [6.07, 6.45) is 2.10. The molecule has 16 heteroatoms. The lowest BCUT2D eigenvalue weighted by atomic mass is 9.82. The fourth-order valence-corrected chi connectivity index (χ4v) is 7.13. The van der Waals surface area contributed by atoms with E-state index in [0.29, 0.717) is 54.5 Å². The van der Waals surface area contributed by atoms with E-state index in [4.69, 9.17) is 43.6 Å². The highest BCUT2D eigenvalue weighted by Crippen LogP contribution is 2.34. The smallest absolute Gasteiger partial charge is 0.336 e. The minimum atomic E-state index is -2.74.